The molecule has 5 nitrogen and oxygen atoms in total. The van der Waals surface area contributed by atoms with Gasteiger partial charge in [-0.1, -0.05) is 19.8 Å². The molecule has 0 saturated heterocycles. The summed E-state index contributed by atoms with van der Waals surface area (Å²) in [5.74, 6) is 0.630. The van der Waals surface area contributed by atoms with Crippen LogP contribution in [0.1, 0.15) is 39.5 Å². The molecule has 1 aromatic rings. The van der Waals surface area contributed by atoms with Gasteiger partial charge in [0.2, 0.25) is 0 Å². The van der Waals surface area contributed by atoms with E-state index in [1.807, 2.05) is 13.0 Å². The van der Waals surface area contributed by atoms with Gasteiger partial charge in [-0.05, 0) is 31.7 Å². The topological polar surface area (TPSA) is 58.4 Å². The van der Waals surface area contributed by atoms with Gasteiger partial charge < -0.3 is 10.2 Å². The minimum atomic E-state index is -0.317. The maximum atomic E-state index is 11.1. The normalized spacial score (nSPS) is 21.9. The first-order valence-electron chi connectivity index (χ1n) is 7.79. The lowest BCUT2D eigenvalue weighted by molar-refractivity contribution is -0.384. The van der Waals surface area contributed by atoms with Crippen molar-refractivity contribution < 1.29 is 4.92 Å². The largest absolute Gasteiger partial charge is 0.385 e. The molecule has 1 aliphatic rings. The zero-order valence-electron chi connectivity index (χ0n) is 13.1. The standard InChI is InChI=1S/C16H25N3O2/c1-4-17-13-9-14(11-15(10-13)19(20)21)18(3)16-8-6-5-7-12(16)2/h9-12,16-17H,4-8H2,1-3H3. The first kappa shape index (κ1) is 15.6. The fourth-order valence-electron chi connectivity index (χ4n) is 3.27. The summed E-state index contributed by atoms with van der Waals surface area (Å²) < 4.78 is 0. The van der Waals surface area contributed by atoms with Crippen LogP contribution < -0.4 is 10.2 Å². The number of anilines is 2. The monoisotopic (exact) mass is 291 g/mol. The summed E-state index contributed by atoms with van der Waals surface area (Å²) in [4.78, 5) is 13.0. The van der Waals surface area contributed by atoms with Gasteiger partial charge >= 0.3 is 0 Å². The molecule has 0 aromatic heterocycles. The Morgan fingerprint density at radius 3 is 2.67 bits per heavy atom. The second-order valence-corrected chi connectivity index (χ2v) is 5.97. The average Bonchev–Trinajstić information content (AvgIpc) is 2.47. The van der Waals surface area contributed by atoms with Crippen molar-refractivity contribution in [2.75, 3.05) is 23.8 Å². The van der Waals surface area contributed by atoms with E-state index < -0.39 is 0 Å². The van der Waals surface area contributed by atoms with Crippen molar-refractivity contribution in [1.82, 2.24) is 0 Å². The van der Waals surface area contributed by atoms with Crippen molar-refractivity contribution in [2.24, 2.45) is 5.92 Å². The zero-order valence-corrected chi connectivity index (χ0v) is 13.1. The van der Waals surface area contributed by atoms with Gasteiger partial charge in [-0.2, -0.15) is 0 Å². The molecule has 1 fully saturated rings. The highest BCUT2D eigenvalue weighted by Gasteiger charge is 2.26. The molecular weight excluding hydrogens is 266 g/mol. The smallest absolute Gasteiger partial charge is 0.273 e. The highest BCUT2D eigenvalue weighted by Crippen LogP contribution is 2.33. The van der Waals surface area contributed by atoms with Crippen LogP contribution in [0.15, 0.2) is 18.2 Å². The van der Waals surface area contributed by atoms with Gasteiger partial charge in [-0.3, -0.25) is 10.1 Å². The van der Waals surface area contributed by atoms with Crippen LogP contribution in [0.3, 0.4) is 0 Å². The molecule has 5 heteroatoms. The SMILES string of the molecule is CCNc1cc(N(C)C2CCCCC2C)cc([N+](=O)[O-])c1. The molecule has 0 aliphatic heterocycles. The number of nitro groups is 1. The molecule has 1 saturated carbocycles. The van der Waals surface area contributed by atoms with Crippen LogP contribution in [-0.2, 0) is 0 Å². The van der Waals surface area contributed by atoms with E-state index >= 15 is 0 Å². The predicted octanol–water partition coefficient (Wildman–Crippen LogP) is 4.04. The summed E-state index contributed by atoms with van der Waals surface area (Å²) in [5.41, 5.74) is 1.90. The molecule has 2 unspecified atom stereocenters. The van der Waals surface area contributed by atoms with E-state index in [0.717, 1.165) is 24.3 Å². The van der Waals surface area contributed by atoms with Gasteiger partial charge in [-0.25, -0.2) is 0 Å². The molecule has 0 spiro atoms. The molecule has 1 aromatic carbocycles. The van der Waals surface area contributed by atoms with E-state index in [2.05, 4.69) is 24.2 Å². The summed E-state index contributed by atoms with van der Waals surface area (Å²) in [6, 6.07) is 5.76. The number of hydrogen-bond donors (Lipinski definition) is 1. The third-order valence-electron chi connectivity index (χ3n) is 4.47. The number of nitrogens with one attached hydrogen (secondary N) is 1. The van der Waals surface area contributed by atoms with Crippen LogP contribution >= 0.6 is 0 Å². The molecule has 1 aliphatic carbocycles. The zero-order chi connectivity index (χ0) is 15.4. The first-order chi connectivity index (χ1) is 10.0. The molecule has 116 valence electrons. The third-order valence-corrected chi connectivity index (χ3v) is 4.47. The van der Waals surface area contributed by atoms with E-state index in [-0.39, 0.29) is 10.6 Å². The lowest BCUT2D eigenvalue weighted by Gasteiger charge is -2.37. The van der Waals surface area contributed by atoms with Gasteiger partial charge in [0, 0.05) is 43.1 Å². The summed E-state index contributed by atoms with van der Waals surface area (Å²) in [7, 11) is 2.06. The Balaban J connectivity index is 2.30. The van der Waals surface area contributed by atoms with Crippen molar-refractivity contribution in [3.05, 3.63) is 28.3 Å². The van der Waals surface area contributed by atoms with Gasteiger partial charge in [0.1, 0.15) is 0 Å². The summed E-state index contributed by atoms with van der Waals surface area (Å²) in [6.07, 6.45) is 4.94. The lowest BCUT2D eigenvalue weighted by atomic mass is 9.85. The summed E-state index contributed by atoms with van der Waals surface area (Å²) >= 11 is 0. The maximum absolute atomic E-state index is 11.1. The Bertz CT molecular complexity index is 504. The van der Waals surface area contributed by atoms with Crippen LogP contribution in [0.25, 0.3) is 0 Å². The number of rotatable bonds is 5. The number of hydrogen-bond acceptors (Lipinski definition) is 4. The maximum Gasteiger partial charge on any atom is 0.273 e. The minimum Gasteiger partial charge on any atom is -0.385 e. The van der Waals surface area contributed by atoms with Crippen molar-refractivity contribution in [2.45, 2.75) is 45.6 Å². The Labute approximate surface area is 126 Å². The number of nitrogens with zero attached hydrogens (tertiary/aromatic N) is 2. The van der Waals surface area contributed by atoms with Crippen LogP contribution in [0.4, 0.5) is 17.1 Å². The molecule has 2 rings (SSSR count). The first-order valence-corrected chi connectivity index (χ1v) is 7.79. The molecule has 0 bridgehead atoms. The van der Waals surface area contributed by atoms with Gasteiger partial charge in [-0.15, -0.1) is 0 Å². The number of non-ortho nitro benzene ring substituents is 1. The van der Waals surface area contributed by atoms with E-state index in [0.29, 0.717) is 12.0 Å². The van der Waals surface area contributed by atoms with Crippen molar-refractivity contribution >= 4 is 17.1 Å². The van der Waals surface area contributed by atoms with E-state index in [9.17, 15) is 10.1 Å². The summed E-state index contributed by atoms with van der Waals surface area (Å²) in [6.45, 7) is 5.03. The fourth-order valence-corrected chi connectivity index (χ4v) is 3.27. The van der Waals surface area contributed by atoms with Gasteiger partial charge in [0.15, 0.2) is 0 Å². The molecule has 21 heavy (non-hydrogen) atoms. The van der Waals surface area contributed by atoms with E-state index in [1.54, 1.807) is 12.1 Å². The van der Waals surface area contributed by atoms with Crippen molar-refractivity contribution in [3.63, 3.8) is 0 Å². The molecule has 0 heterocycles. The predicted molar refractivity (Wildman–Crippen MR) is 87.1 cm³/mol. The van der Waals surface area contributed by atoms with Crippen LogP contribution in [0.5, 0.6) is 0 Å². The Morgan fingerprint density at radius 2 is 2.05 bits per heavy atom. The Morgan fingerprint density at radius 1 is 1.33 bits per heavy atom. The molecule has 0 amide bonds. The highest BCUT2D eigenvalue weighted by molar-refractivity contribution is 5.64. The second kappa shape index (κ2) is 6.78. The van der Waals surface area contributed by atoms with E-state index in [4.69, 9.17) is 0 Å². The van der Waals surface area contributed by atoms with Crippen molar-refractivity contribution in [3.8, 4) is 0 Å². The number of nitro benzene ring substituents is 1. The molecule has 1 N–H and O–H groups in total. The van der Waals surface area contributed by atoms with Gasteiger partial charge in [0.25, 0.3) is 5.69 Å². The average molecular weight is 291 g/mol. The fraction of sp³-hybridized carbons (Fsp3) is 0.625. The molecule has 0 radical (unpaired) electrons. The Hall–Kier alpha value is -1.78. The summed E-state index contributed by atoms with van der Waals surface area (Å²) in [5, 5.41) is 14.3. The van der Waals surface area contributed by atoms with Gasteiger partial charge in [0.05, 0.1) is 4.92 Å². The highest BCUT2D eigenvalue weighted by atomic mass is 16.6. The Kier molecular flexibility index (Phi) is 5.04. The molecular formula is C16H25N3O2. The third kappa shape index (κ3) is 3.65. The quantitative estimate of drug-likeness (QED) is 0.657. The van der Waals surface area contributed by atoms with Crippen LogP contribution in [0, 0.1) is 16.0 Å². The molecule has 2 atom stereocenters. The van der Waals surface area contributed by atoms with Crippen LogP contribution in [0.2, 0.25) is 0 Å². The van der Waals surface area contributed by atoms with Crippen LogP contribution in [-0.4, -0.2) is 24.6 Å². The van der Waals surface area contributed by atoms with E-state index in [1.165, 1.54) is 19.3 Å². The second-order valence-electron chi connectivity index (χ2n) is 5.97. The van der Waals surface area contributed by atoms with Crippen molar-refractivity contribution in [1.29, 1.82) is 0 Å². The minimum absolute atomic E-state index is 0.152. The number of benzene rings is 1. The lowest BCUT2D eigenvalue weighted by Crippen LogP contribution is -2.39.